The van der Waals surface area contributed by atoms with E-state index in [2.05, 4.69) is 15.2 Å². The molecule has 1 aliphatic heterocycles. The molecule has 0 atom stereocenters. The largest absolute Gasteiger partial charge is 0.456 e. The fourth-order valence-electron chi connectivity index (χ4n) is 3.55. The van der Waals surface area contributed by atoms with Crippen molar-refractivity contribution >= 4 is 48.9 Å². The highest BCUT2D eigenvalue weighted by Gasteiger charge is 2.15. The summed E-state index contributed by atoms with van der Waals surface area (Å²) in [7, 11) is 0. The predicted octanol–water partition coefficient (Wildman–Crippen LogP) is 4.37. The Morgan fingerprint density at radius 2 is 2.10 bits per heavy atom. The lowest BCUT2D eigenvalue weighted by molar-refractivity contribution is 0.0383. The molecule has 6 nitrogen and oxygen atoms in total. The van der Waals surface area contributed by atoms with Crippen molar-refractivity contribution in [3.05, 3.63) is 52.9 Å². The third-order valence-corrected chi connectivity index (χ3v) is 7.01. The molecule has 1 fully saturated rings. The van der Waals surface area contributed by atoms with Gasteiger partial charge < -0.3 is 14.8 Å². The van der Waals surface area contributed by atoms with Crippen molar-refractivity contribution in [1.29, 1.82) is 0 Å². The molecule has 1 saturated heterocycles. The minimum absolute atomic E-state index is 0.0300. The molecule has 3 aromatic heterocycles. The molecular formula is C22H21N3O3S2. The summed E-state index contributed by atoms with van der Waals surface area (Å²) in [4.78, 5) is 19.3. The molecule has 1 N–H and O–H groups in total. The van der Waals surface area contributed by atoms with E-state index in [9.17, 15) is 4.79 Å². The van der Waals surface area contributed by atoms with Gasteiger partial charge in [0.05, 0.1) is 29.0 Å². The number of morpholine rings is 1. The molecule has 0 unspecified atom stereocenters. The van der Waals surface area contributed by atoms with Gasteiger partial charge in [-0.15, -0.1) is 22.7 Å². The first kappa shape index (κ1) is 19.4. The maximum absolute atomic E-state index is 12.7. The van der Waals surface area contributed by atoms with Crippen LogP contribution < -0.4 is 10.1 Å². The Labute approximate surface area is 182 Å². The first-order valence-electron chi connectivity index (χ1n) is 9.87. The van der Waals surface area contributed by atoms with E-state index in [-0.39, 0.29) is 5.91 Å². The van der Waals surface area contributed by atoms with Crippen LogP contribution in [-0.2, 0) is 4.74 Å². The third-order valence-electron chi connectivity index (χ3n) is 5.14. The van der Waals surface area contributed by atoms with E-state index in [1.807, 2.05) is 41.1 Å². The van der Waals surface area contributed by atoms with Gasteiger partial charge in [0.2, 0.25) is 0 Å². The van der Waals surface area contributed by atoms with Crippen LogP contribution in [0.25, 0.3) is 20.3 Å². The lowest BCUT2D eigenvalue weighted by Gasteiger charge is -2.26. The number of hydrogen-bond acceptors (Lipinski definition) is 7. The summed E-state index contributed by atoms with van der Waals surface area (Å²) in [6.07, 6.45) is 1.76. The van der Waals surface area contributed by atoms with Gasteiger partial charge >= 0.3 is 0 Å². The second-order valence-corrected chi connectivity index (χ2v) is 8.89. The van der Waals surface area contributed by atoms with Gasteiger partial charge in [-0.3, -0.25) is 14.7 Å². The van der Waals surface area contributed by atoms with E-state index in [1.165, 1.54) is 0 Å². The van der Waals surface area contributed by atoms with Gasteiger partial charge in [-0.05, 0) is 29.6 Å². The predicted molar refractivity (Wildman–Crippen MR) is 121 cm³/mol. The van der Waals surface area contributed by atoms with Crippen molar-refractivity contribution < 1.29 is 14.3 Å². The molecular weight excluding hydrogens is 418 g/mol. The Bertz CT molecular complexity index is 1180. The van der Waals surface area contributed by atoms with E-state index in [1.54, 1.807) is 28.9 Å². The maximum Gasteiger partial charge on any atom is 0.252 e. The lowest BCUT2D eigenvalue weighted by Crippen LogP contribution is -2.41. The number of carbonyl (C=O) groups is 1. The number of nitrogens with zero attached hydrogens (tertiary/aromatic N) is 2. The minimum Gasteiger partial charge on any atom is -0.456 e. The zero-order valence-corrected chi connectivity index (χ0v) is 17.9. The molecule has 4 heterocycles. The molecule has 8 heteroatoms. The second-order valence-electron chi connectivity index (χ2n) is 7.06. The smallest absolute Gasteiger partial charge is 0.252 e. The summed E-state index contributed by atoms with van der Waals surface area (Å²) in [6.45, 7) is 4.87. The summed E-state index contributed by atoms with van der Waals surface area (Å²) in [5.74, 6) is 1.52. The molecule has 0 aliphatic carbocycles. The standard InChI is InChI=1S/C22H21N3O3S2/c26-22(24-6-7-25-8-10-27-11-9-25)17-14-30-20-13-15(1-2-16(17)20)28-19-3-5-23-18-4-12-29-21(18)19/h1-5,12-14H,6-11H2,(H,24,26). The SMILES string of the molecule is O=C(NCCN1CCOCC1)c1csc2cc(Oc3ccnc4ccsc34)ccc12. The quantitative estimate of drug-likeness (QED) is 0.483. The van der Waals surface area contributed by atoms with Gasteiger partial charge in [0, 0.05) is 53.9 Å². The number of nitrogens with one attached hydrogen (secondary N) is 1. The van der Waals surface area contributed by atoms with Crippen LogP contribution in [0.4, 0.5) is 0 Å². The number of benzene rings is 1. The number of amides is 1. The number of thiophene rings is 2. The lowest BCUT2D eigenvalue weighted by atomic mass is 10.1. The highest BCUT2D eigenvalue weighted by molar-refractivity contribution is 7.17. The molecule has 1 amide bonds. The van der Waals surface area contributed by atoms with Crippen LogP contribution >= 0.6 is 22.7 Å². The molecule has 1 aliphatic rings. The molecule has 0 bridgehead atoms. The fraction of sp³-hybridized carbons (Fsp3) is 0.273. The molecule has 0 spiro atoms. The number of rotatable bonds is 6. The number of pyridine rings is 1. The number of aromatic nitrogens is 1. The Hall–Kier alpha value is -2.52. The van der Waals surface area contributed by atoms with Gasteiger partial charge in [-0.25, -0.2) is 0 Å². The van der Waals surface area contributed by atoms with E-state index < -0.39 is 0 Å². The van der Waals surface area contributed by atoms with Gasteiger partial charge in [0.25, 0.3) is 5.91 Å². The van der Waals surface area contributed by atoms with Crippen molar-refractivity contribution in [1.82, 2.24) is 15.2 Å². The topological polar surface area (TPSA) is 63.7 Å². The van der Waals surface area contributed by atoms with Crippen LogP contribution in [0.1, 0.15) is 10.4 Å². The summed E-state index contributed by atoms with van der Waals surface area (Å²) < 4.78 is 13.5. The Morgan fingerprint density at radius 1 is 1.20 bits per heavy atom. The van der Waals surface area contributed by atoms with E-state index in [4.69, 9.17) is 9.47 Å². The van der Waals surface area contributed by atoms with Crippen LogP contribution in [0.15, 0.2) is 47.3 Å². The van der Waals surface area contributed by atoms with Crippen LogP contribution in [-0.4, -0.2) is 55.2 Å². The molecule has 1 aromatic carbocycles. The summed E-state index contributed by atoms with van der Waals surface area (Å²) in [6, 6.07) is 9.73. The third kappa shape index (κ3) is 4.04. The normalized spacial score (nSPS) is 14.9. The average Bonchev–Trinajstić information content (AvgIpc) is 3.42. The zero-order chi connectivity index (χ0) is 20.3. The summed E-state index contributed by atoms with van der Waals surface area (Å²) >= 11 is 3.17. The minimum atomic E-state index is -0.0300. The van der Waals surface area contributed by atoms with Crippen molar-refractivity contribution in [2.45, 2.75) is 0 Å². The van der Waals surface area contributed by atoms with Gasteiger partial charge in [-0.1, -0.05) is 0 Å². The van der Waals surface area contributed by atoms with Crippen LogP contribution in [0.2, 0.25) is 0 Å². The summed E-state index contributed by atoms with van der Waals surface area (Å²) in [5, 5.41) is 7.93. The van der Waals surface area contributed by atoms with Gasteiger partial charge in [-0.2, -0.15) is 0 Å². The van der Waals surface area contributed by atoms with Crippen LogP contribution in [0, 0.1) is 0 Å². The first-order chi connectivity index (χ1) is 14.8. The summed E-state index contributed by atoms with van der Waals surface area (Å²) in [5.41, 5.74) is 1.65. The molecule has 0 saturated carbocycles. The van der Waals surface area contributed by atoms with Crippen molar-refractivity contribution in [2.24, 2.45) is 0 Å². The number of fused-ring (bicyclic) bond motifs is 2. The van der Waals surface area contributed by atoms with Crippen molar-refractivity contribution in [3.8, 4) is 11.5 Å². The Balaban J connectivity index is 1.27. The Morgan fingerprint density at radius 3 is 3.00 bits per heavy atom. The van der Waals surface area contributed by atoms with E-state index >= 15 is 0 Å². The van der Waals surface area contributed by atoms with Crippen LogP contribution in [0.5, 0.6) is 11.5 Å². The van der Waals surface area contributed by atoms with Crippen LogP contribution in [0.3, 0.4) is 0 Å². The molecule has 0 radical (unpaired) electrons. The van der Waals surface area contributed by atoms with Gasteiger partial charge in [0.15, 0.2) is 0 Å². The average molecular weight is 440 g/mol. The molecule has 30 heavy (non-hydrogen) atoms. The second kappa shape index (κ2) is 8.69. The highest BCUT2D eigenvalue weighted by atomic mass is 32.1. The molecule has 154 valence electrons. The molecule has 5 rings (SSSR count). The number of hydrogen-bond donors (Lipinski definition) is 1. The Kier molecular flexibility index (Phi) is 5.63. The molecule has 4 aromatic rings. The first-order valence-corrected chi connectivity index (χ1v) is 11.6. The highest BCUT2D eigenvalue weighted by Crippen LogP contribution is 2.35. The monoisotopic (exact) mass is 439 g/mol. The maximum atomic E-state index is 12.7. The van der Waals surface area contributed by atoms with Crippen molar-refractivity contribution in [2.75, 3.05) is 39.4 Å². The van der Waals surface area contributed by atoms with Crippen molar-refractivity contribution in [3.63, 3.8) is 0 Å². The zero-order valence-electron chi connectivity index (χ0n) is 16.3. The number of carbonyl (C=O) groups excluding carboxylic acids is 1. The number of ether oxygens (including phenoxy) is 2. The van der Waals surface area contributed by atoms with E-state index in [0.717, 1.165) is 64.6 Å². The van der Waals surface area contributed by atoms with E-state index in [0.29, 0.717) is 12.1 Å². The fourth-order valence-corrected chi connectivity index (χ4v) is 5.32. The van der Waals surface area contributed by atoms with Gasteiger partial charge in [0.1, 0.15) is 11.5 Å².